The Balaban J connectivity index is 0.00000225. The topological polar surface area (TPSA) is 49.3 Å². The van der Waals surface area contributed by atoms with Crippen LogP contribution in [0.2, 0.25) is 0 Å². The van der Waals surface area contributed by atoms with Crippen LogP contribution in [-0.2, 0) is 11.8 Å². The summed E-state index contributed by atoms with van der Waals surface area (Å²) in [4.78, 5) is 10.0. The minimum absolute atomic E-state index is 0. The van der Waals surface area contributed by atoms with E-state index in [1.807, 2.05) is 13.2 Å². The molecule has 2 N–H and O–H groups in total. The first-order valence-corrected chi connectivity index (χ1v) is 9.36. The Morgan fingerprint density at radius 2 is 2.00 bits per heavy atom. The van der Waals surface area contributed by atoms with Gasteiger partial charge in [0, 0.05) is 43.0 Å². The standard InChI is InChI=1S/C19H26N4S.HI/c1-14-6-4-5-7-16(14)19(9-10-19)13-23-18(20-3)21-11-8-17-22-12-15(2)24-17;/h4-7,12H,8-11,13H2,1-3H3,(H2,20,21,23);1H. The van der Waals surface area contributed by atoms with Crippen molar-refractivity contribution in [3.63, 3.8) is 0 Å². The second-order valence-electron chi connectivity index (χ2n) is 6.56. The van der Waals surface area contributed by atoms with Gasteiger partial charge in [0.15, 0.2) is 5.96 Å². The summed E-state index contributed by atoms with van der Waals surface area (Å²) in [6.07, 6.45) is 5.37. The quantitative estimate of drug-likeness (QED) is 0.384. The van der Waals surface area contributed by atoms with Gasteiger partial charge >= 0.3 is 0 Å². The summed E-state index contributed by atoms with van der Waals surface area (Å²) < 4.78 is 0. The molecule has 2 aromatic rings. The predicted octanol–water partition coefficient (Wildman–Crippen LogP) is 3.82. The molecule has 1 heterocycles. The van der Waals surface area contributed by atoms with Gasteiger partial charge in [0.05, 0.1) is 5.01 Å². The summed E-state index contributed by atoms with van der Waals surface area (Å²) in [6, 6.07) is 8.73. The second kappa shape index (κ2) is 8.98. The van der Waals surface area contributed by atoms with E-state index in [4.69, 9.17) is 0 Å². The molecule has 1 aromatic heterocycles. The van der Waals surface area contributed by atoms with Crippen LogP contribution in [0.25, 0.3) is 0 Å². The van der Waals surface area contributed by atoms with E-state index in [2.05, 4.69) is 58.7 Å². The van der Waals surface area contributed by atoms with Crippen LogP contribution in [0.4, 0.5) is 0 Å². The fraction of sp³-hybridized carbons (Fsp3) is 0.474. The van der Waals surface area contributed by atoms with Crippen molar-refractivity contribution < 1.29 is 0 Å². The molecule has 1 saturated carbocycles. The Morgan fingerprint density at radius 3 is 2.60 bits per heavy atom. The van der Waals surface area contributed by atoms with Crippen molar-refractivity contribution in [3.05, 3.63) is 51.5 Å². The Bertz CT molecular complexity index is 722. The van der Waals surface area contributed by atoms with E-state index in [1.165, 1.54) is 33.9 Å². The van der Waals surface area contributed by atoms with E-state index in [0.29, 0.717) is 0 Å². The van der Waals surface area contributed by atoms with Crippen molar-refractivity contribution in [2.45, 2.75) is 38.5 Å². The maximum Gasteiger partial charge on any atom is 0.191 e. The average molecular weight is 470 g/mol. The minimum Gasteiger partial charge on any atom is -0.356 e. The zero-order valence-corrected chi connectivity index (χ0v) is 18.3. The largest absolute Gasteiger partial charge is 0.356 e. The highest BCUT2D eigenvalue weighted by Crippen LogP contribution is 2.48. The van der Waals surface area contributed by atoms with Crippen LogP contribution < -0.4 is 10.6 Å². The third-order valence-corrected chi connectivity index (χ3v) is 5.66. The van der Waals surface area contributed by atoms with Crippen LogP contribution in [0, 0.1) is 13.8 Å². The first-order chi connectivity index (χ1) is 11.6. The Morgan fingerprint density at radius 1 is 1.24 bits per heavy atom. The van der Waals surface area contributed by atoms with Gasteiger partial charge in [-0.1, -0.05) is 24.3 Å². The van der Waals surface area contributed by atoms with Gasteiger partial charge in [0.2, 0.25) is 0 Å². The van der Waals surface area contributed by atoms with Gasteiger partial charge in [0.25, 0.3) is 0 Å². The van der Waals surface area contributed by atoms with Gasteiger partial charge in [-0.3, -0.25) is 4.99 Å². The van der Waals surface area contributed by atoms with Crippen LogP contribution in [-0.4, -0.2) is 31.1 Å². The Hall–Kier alpha value is -1.15. The molecule has 1 aliphatic carbocycles. The number of rotatable bonds is 6. The molecule has 0 amide bonds. The third kappa shape index (κ3) is 5.17. The number of hydrogen-bond acceptors (Lipinski definition) is 3. The highest BCUT2D eigenvalue weighted by Gasteiger charge is 2.44. The van der Waals surface area contributed by atoms with E-state index in [9.17, 15) is 0 Å². The minimum atomic E-state index is 0. The summed E-state index contributed by atoms with van der Waals surface area (Å²) in [5.41, 5.74) is 3.15. The molecule has 0 bridgehead atoms. The summed E-state index contributed by atoms with van der Waals surface area (Å²) in [6.45, 7) is 6.09. The summed E-state index contributed by atoms with van der Waals surface area (Å²) >= 11 is 1.76. The summed E-state index contributed by atoms with van der Waals surface area (Å²) in [5.74, 6) is 0.878. The van der Waals surface area contributed by atoms with Crippen LogP contribution >= 0.6 is 35.3 Å². The summed E-state index contributed by atoms with van der Waals surface area (Å²) in [7, 11) is 1.83. The summed E-state index contributed by atoms with van der Waals surface area (Å²) in [5, 5.41) is 8.09. The molecule has 1 aromatic carbocycles. The fourth-order valence-corrected chi connectivity index (χ4v) is 3.93. The maximum atomic E-state index is 4.40. The molecule has 3 rings (SSSR count). The number of benzene rings is 1. The molecule has 6 heteroatoms. The van der Waals surface area contributed by atoms with Crippen LogP contribution in [0.15, 0.2) is 35.5 Å². The van der Waals surface area contributed by atoms with Gasteiger partial charge in [0.1, 0.15) is 0 Å². The van der Waals surface area contributed by atoms with Crippen LogP contribution in [0.5, 0.6) is 0 Å². The lowest BCUT2D eigenvalue weighted by Gasteiger charge is -2.20. The molecule has 4 nitrogen and oxygen atoms in total. The molecule has 0 atom stereocenters. The highest BCUT2D eigenvalue weighted by atomic mass is 127. The molecule has 136 valence electrons. The van der Waals surface area contributed by atoms with E-state index in [0.717, 1.165) is 25.5 Å². The number of guanidine groups is 1. The van der Waals surface area contributed by atoms with Gasteiger partial charge in [-0.15, -0.1) is 35.3 Å². The number of aliphatic imine (C=N–C) groups is 1. The van der Waals surface area contributed by atoms with Crippen molar-refractivity contribution in [2.24, 2.45) is 4.99 Å². The number of aryl methyl sites for hydroxylation is 2. The zero-order valence-electron chi connectivity index (χ0n) is 15.1. The molecule has 1 aliphatic rings. The van der Waals surface area contributed by atoms with Crippen LogP contribution in [0.3, 0.4) is 0 Å². The number of hydrogen-bond donors (Lipinski definition) is 2. The number of nitrogens with one attached hydrogen (secondary N) is 2. The molecule has 0 spiro atoms. The van der Waals surface area contributed by atoms with Crippen molar-refractivity contribution in [2.75, 3.05) is 20.1 Å². The molecular weight excluding hydrogens is 443 g/mol. The van der Waals surface area contributed by atoms with E-state index >= 15 is 0 Å². The molecule has 25 heavy (non-hydrogen) atoms. The van der Waals surface area contributed by atoms with E-state index in [1.54, 1.807) is 11.3 Å². The Labute approximate surface area is 171 Å². The first kappa shape index (κ1) is 20.2. The number of thiazole rings is 1. The fourth-order valence-electron chi connectivity index (χ4n) is 3.14. The predicted molar refractivity (Wildman–Crippen MR) is 117 cm³/mol. The van der Waals surface area contributed by atoms with Gasteiger partial charge in [-0.05, 0) is 37.8 Å². The van der Waals surface area contributed by atoms with Crippen molar-refractivity contribution >= 4 is 41.3 Å². The van der Waals surface area contributed by atoms with Gasteiger partial charge in [-0.2, -0.15) is 0 Å². The molecule has 0 radical (unpaired) electrons. The van der Waals surface area contributed by atoms with Crippen molar-refractivity contribution in [1.82, 2.24) is 15.6 Å². The highest BCUT2D eigenvalue weighted by molar-refractivity contribution is 14.0. The lowest BCUT2D eigenvalue weighted by molar-refractivity contribution is 0.642. The molecular formula is C19H27IN4S. The number of aromatic nitrogens is 1. The molecule has 0 saturated heterocycles. The SMILES string of the molecule is CN=C(NCCc1ncc(C)s1)NCC1(c2ccccc2C)CC1.I. The number of halogens is 1. The second-order valence-corrected chi connectivity index (χ2v) is 7.88. The Kier molecular flexibility index (Phi) is 7.25. The van der Waals surface area contributed by atoms with Crippen molar-refractivity contribution in [3.8, 4) is 0 Å². The van der Waals surface area contributed by atoms with Crippen LogP contribution in [0.1, 0.15) is 33.9 Å². The number of nitrogens with zero attached hydrogens (tertiary/aromatic N) is 2. The lowest BCUT2D eigenvalue weighted by Crippen LogP contribution is -2.42. The molecule has 0 aliphatic heterocycles. The van der Waals surface area contributed by atoms with E-state index in [-0.39, 0.29) is 29.4 Å². The van der Waals surface area contributed by atoms with Gasteiger partial charge in [-0.25, -0.2) is 4.98 Å². The smallest absolute Gasteiger partial charge is 0.191 e. The van der Waals surface area contributed by atoms with Crippen molar-refractivity contribution in [1.29, 1.82) is 0 Å². The maximum absolute atomic E-state index is 4.40. The molecule has 0 unspecified atom stereocenters. The lowest BCUT2D eigenvalue weighted by atomic mass is 9.92. The van der Waals surface area contributed by atoms with E-state index < -0.39 is 0 Å². The average Bonchev–Trinajstić information content (AvgIpc) is 3.26. The normalized spacial score (nSPS) is 15.4. The third-order valence-electron chi connectivity index (χ3n) is 4.69. The monoisotopic (exact) mass is 470 g/mol. The first-order valence-electron chi connectivity index (χ1n) is 8.55. The molecule has 1 fully saturated rings. The van der Waals surface area contributed by atoms with Gasteiger partial charge < -0.3 is 10.6 Å². The zero-order chi connectivity index (χ0) is 17.0.